The lowest BCUT2D eigenvalue weighted by Crippen LogP contribution is -1.96. The van der Waals surface area contributed by atoms with Crippen LogP contribution in [0.3, 0.4) is 0 Å². The van der Waals surface area contributed by atoms with Gasteiger partial charge < -0.3 is 9.13 Å². The van der Waals surface area contributed by atoms with Crippen LogP contribution in [0.4, 0.5) is 0 Å². The van der Waals surface area contributed by atoms with Gasteiger partial charge in [-0.05, 0) is 147 Å². The molecule has 0 aliphatic carbocycles. The van der Waals surface area contributed by atoms with Crippen molar-refractivity contribution in [3.05, 3.63) is 255 Å². The van der Waals surface area contributed by atoms with E-state index in [9.17, 15) is 0 Å². The molecule has 0 unspecified atom stereocenters. The highest BCUT2D eigenvalue weighted by atomic mass is 32.1. The Bertz CT molecular complexity index is 4220. The van der Waals surface area contributed by atoms with Crippen LogP contribution in [0.25, 0.3) is 131 Å². The van der Waals surface area contributed by atoms with Crippen LogP contribution in [-0.4, -0.2) is 9.13 Å². The summed E-state index contributed by atoms with van der Waals surface area (Å²) in [6.45, 7) is 0. The predicted octanol–water partition coefficient (Wildman–Crippen LogP) is 18.6. The van der Waals surface area contributed by atoms with Crippen LogP contribution in [0.5, 0.6) is 0 Å². The maximum atomic E-state index is 2.47. The lowest BCUT2D eigenvalue weighted by Gasteiger charge is -2.14. The zero-order valence-electron chi connectivity index (χ0n) is 37.6. The topological polar surface area (TPSA) is 9.86 Å². The van der Waals surface area contributed by atoms with Crippen molar-refractivity contribution in [3.8, 4) is 67.0 Å². The highest BCUT2D eigenvalue weighted by Crippen LogP contribution is 2.43. The third-order valence-corrected chi connectivity index (χ3v) is 15.2. The van der Waals surface area contributed by atoms with Gasteiger partial charge in [0.25, 0.3) is 0 Å². The molecule has 0 aliphatic heterocycles. The van der Waals surface area contributed by atoms with Crippen LogP contribution < -0.4 is 0 Å². The molecular formula is C66H42N2S. The van der Waals surface area contributed by atoms with E-state index in [1.165, 1.54) is 125 Å². The molecule has 322 valence electrons. The molecule has 0 amide bonds. The van der Waals surface area contributed by atoms with Crippen LogP contribution in [0.2, 0.25) is 0 Å². The second-order valence-corrected chi connectivity index (χ2v) is 19.2. The molecule has 3 heteroatoms. The van der Waals surface area contributed by atoms with E-state index in [2.05, 4.69) is 264 Å². The van der Waals surface area contributed by atoms with Crippen molar-refractivity contribution in [1.29, 1.82) is 0 Å². The zero-order chi connectivity index (χ0) is 45.4. The molecule has 0 radical (unpaired) electrons. The Morgan fingerprint density at radius 3 is 1.01 bits per heavy atom. The Kier molecular flexibility index (Phi) is 9.11. The highest BCUT2D eigenvalue weighted by molar-refractivity contribution is 7.25. The van der Waals surface area contributed by atoms with Crippen LogP contribution in [0.15, 0.2) is 255 Å². The molecular weight excluding hydrogens is 853 g/mol. The van der Waals surface area contributed by atoms with E-state index < -0.39 is 0 Å². The fraction of sp³-hybridized carbons (Fsp3) is 0. The first-order valence-corrected chi connectivity index (χ1v) is 24.5. The molecule has 0 atom stereocenters. The van der Waals surface area contributed by atoms with E-state index in [4.69, 9.17) is 0 Å². The lowest BCUT2D eigenvalue weighted by atomic mass is 9.98. The second-order valence-electron chi connectivity index (χ2n) is 18.1. The van der Waals surface area contributed by atoms with Gasteiger partial charge in [-0.1, -0.05) is 164 Å². The van der Waals surface area contributed by atoms with E-state index in [0.29, 0.717) is 0 Å². The number of aromatic nitrogens is 2. The Labute approximate surface area is 403 Å². The molecule has 14 aromatic rings. The second kappa shape index (κ2) is 16.0. The van der Waals surface area contributed by atoms with E-state index in [-0.39, 0.29) is 0 Å². The highest BCUT2D eigenvalue weighted by Gasteiger charge is 2.19. The van der Waals surface area contributed by atoms with Gasteiger partial charge in [-0.2, -0.15) is 0 Å². The van der Waals surface area contributed by atoms with Gasteiger partial charge in [0.1, 0.15) is 0 Å². The zero-order valence-corrected chi connectivity index (χ0v) is 38.4. The molecule has 14 rings (SSSR count). The number of thiophene rings is 1. The third kappa shape index (κ3) is 6.62. The first-order valence-electron chi connectivity index (χ1n) is 23.6. The molecule has 3 heterocycles. The molecule has 0 aliphatic rings. The van der Waals surface area contributed by atoms with Crippen molar-refractivity contribution in [3.63, 3.8) is 0 Å². The number of nitrogens with zero attached hydrogens (tertiary/aromatic N) is 2. The van der Waals surface area contributed by atoms with Crippen molar-refractivity contribution >= 4 is 75.1 Å². The summed E-state index contributed by atoms with van der Waals surface area (Å²) in [6.07, 6.45) is 0. The fourth-order valence-corrected chi connectivity index (χ4v) is 11.9. The third-order valence-electron chi connectivity index (χ3n) is 14.1. The van der Waals surface area contributed by atoms with Gasteiger partial charge in [0, 0.05) is 53.1 Å². The molecule has 2 nitrogen and oxygen atoms in total. The quantitative estimate of drug-likeness (QED) is 0.151. The molecule has 0 saturated carbocycles. The normalized spacial score (nSPS) is 11.8. The molecule has 3 aromatic heterocycles. The van der Waals surface area contributed by atoms with E-state index in [0.717, 1.165) is 5.69 Å². The van der Waals surface area contributed by atoms with E-state index in [1.807, 2.05) is 11.3 Å². The monoisotopic (exact) mass is 894 g/mol. The maximum absolute atomic E-state index is 2.47. The van der Waals surface area contributed by atoms with E-state index >= 15 is 0 Å². The number of hydrogen-bond acceptors (Lipinski definition) is 1. The van der Waals surface area contributed by atoms with Crippen molar-refractivity contribution in [2.75, 3.05) is 0 Å². The maximum Gasteiger partial charge on any atom is 0.0541 e. The van der Waals surface area contributed by atoms with E-state index in [1.54, 1.807) is 0 Å². The van der Waals surface area contributed by atoms with Crippen LogP contribution >= 0.6 is 11.3 Å². The minimum atomic E-state index is 1.13. The summed E-state index contributed by atoms with van der Waals surface area (Å²) in [5.41, 5.74) is 19.0. The van der Waals surface area contributed by atoms with Crippen LogP contribution in [0.1, 0.15) is 0 Å². The molecule has 0 spiro atoms. The lowest BCUT2D eigenvalue weighted by molar-refractivity contribution is 1.18. The standard InChI is InChI=1S/C66H42N2S/c1-5-15-43(16-6-1)47-25-30-61-56(38-47)58-40-49(27-32-62(58)67(61)53-29-34-66-60(42-53)55-23-13-14-24-65(55)69-66)50-28-33-64-59(41-50)57-39-48(44-17-7-2-8-18-44)26-31-63(57)68(64)54-36-51(45-19-9-3-10-20-45)35-52(37-54)46-21-11-4-12-22-46/h1-42H. The van der Waals surface area contributed by atoms with Gasteiger partial charge in [0.15, 0.2) is 0 Å². The molecule has 0 saturated heterocycles. The summed E-state index contributed by atoms with van der Waals surface area (Å²) in [4.78, 5) is 0. The Balaban J connectivity index is 0.988. The van der Waals surface area contributed by atoms with Gasteiger partial charge in [0.05, 0.1) is 22.1 Å². The molecule has 11 aromatic carbocycles. The van der Waals surface area contributed by atoms with Gasteiger partial charge >= 0.3 is 0 Å². The van der Waals surface area contributed by atoms with Gasteiger partial charge in [-0.15, -0.1) is 11.3 Å². The number of fused-ring (bicyclic) bond motifs is 9. The average molecular weight is 895 g/mol. The molecule has 69 heavy (non-hydrogen) atoms. The first-order chi connectivity index (χ1) is 34.2. The molecule has 0 bridgehead atoms. The summed E-state index contributed by atoms with van der Waals surface area (Å²) >= 11 is 1.86. The fourth-order valence-electron chi connectivity index (χ4n) is 10.8. The first kappa shape index (κ1) is 39.4. The summed E-state index contributed by atoms with van der Waals surface area (Å²) in [7, 11) is 0. The summed E-state index contributed by atoms with van der Waals surface area (Å²) in [5, 5.41) is 7.52. The van der Waals surface area contributed by atoms with Crippen molar-refractivity contribution < 1.29 is 0 Å². The van der Waals surface area contributed by atoms with Crippen molar-refractivity contribution in [1.82, 2.24) is 9.13 Å². The minimum absolute atomic E-state index is 1.13. The van der Waals surface area contributed by atoms with Crippen LogP contribution in [-0.2, 0) is 0 Å². The smallest absolute Gasteiger partial charge is 0.0541 e. The predicted molar refractivity (Wildman–Crippen MR) is 295 cm³/mol. The Hall–Kier alpha value is -8.76. The Morgan fingerprint density at radius 1 is 0.203 bits per heavy atom. The summed E-state index contributed by atoms with van der Waals surface area (Å²) in [5.74, 6) is 0. The van der Waals surface area contributed by atoms with Gasteiger partial charge in [-0.3, -0.25) is 0 Å². The van der Waals surface area contributed by atoms with Crippen LogP contribution in [0, 0.1) is 0 Å². The Morgan fingerprint density at radius 2 is 0.565 bits per heavy atom. The van der Waals surface area contributed by atoms with Crippen molar-refractivity contribution in [2.45, 2.75) is 0 Å². The average Bonchev–Trinajstić information content (AvgIpc) is 4.08. The van der Waals surface area contributed by atoms with Gasteiger partial charge in [-0.25, -0.2) is 0 Å². The van der Waals surface area contributed by atoms with Crippen molar-refractivity contribution in [2.24, 2.45) is 0 Å². The molecule has 0 N–H and O–H groups in total. The SMILES string of the molecule is c1ccc(-c2cc(-c3ccccc3)cc(-n3c4ccc(-c5ccccc5)cc4c4cc(-c5ccc6c(c5)c5cc(-c7ccccc7)ccc5n6-c5ccc6sc7ccccc7c6c5)ccc43)c2)cc1. The largest absolute Gasteiger partial charge is 0.309 e. The molecule has 0 fully saturated rings. The van der Waals surface area contributed by atoms with Gasteiger partial charge in [0.2, 0.25) is 0 Å². The number of benzene rings is 11. The minimum Gasteiger partial charge on any atom is -0.309 e. The summed E-state index contributed by atoms with van der Waals surface area (Å²) in [6, 6.07) is 93.9. The summed E-state index contributed by atoms with van der Waals surface area (Å²) < 4.78 is 7.56. The number of hydrogen-bond donors (Lipinski definition) is 0. The number of rotatable bonds is 7.